The van der Waals surface area contributed by atoms with Gasteiger partial charge in [-0.15, -0.1) is 0 Å². The van der Waals surface area contributed by atoms with Crippen LogP contribution in [0.15, 0.2) is 46.7 Å². The Morgan fingerprint density at radius 2 is 2.19 bits per heavy atom. The quantitative estimate of drug-likeness (QED) is 0.717. The zero-order chi connectivity index (χ0) is 11.0. The van der Waals surface area contributed by atoms with E-state index in [2.05, 4.69) is 16.9 Å². The van der Waals surface area contributed by atoms with Crippen molar-refractivity contribution < 1.29 is 4.74 Å². The van der Waals surface area contributed by atoms with Gasteiger partial charge in [-0.1, -0.05) is 12.1 Å². The SMILES string of the molecule is CCN1C=CN=C2Oc3ccccc3N=C21. The highest BCUT2D eigenvalue weighted by Gasteiger charge is 2.24. The van der Waals surface area contributed by atoms with Crippen LogP contribution in [0, 0.1) is 0 Å². The second-order valence-electron chi connectivity index (χ2n) is 3.52. The summed E-state index contributed by atoms with van der Waals surface area (Å²) in [7, 11) is 0. The van der Waals surface area contributed by atoms with Crippen LogP contribution in [0.3, 0.4) is 0 Å². The molecule has 4 nitrogen and oxygen atoms in total. The van der Waals surface area contributed by atoms with Crippen molar-refractivity contribution in [2.24, 2.45) is 9.98 Å². The number of para-hydroxylation sites is 2. The molecule has 0 amide bonds. The molecular weight excluding hydrogens is 202 g/mol. The van der Waals surface area contributed by atoms with E-state index in [9.17, 15) is 0 Å². The molecule has 0 saturated heterocycles. The second-order valence-corrected chi connectivity index (χ2v) is 3.52. The van der Waals surface area contributed by atoms with Gasteiger partial charge in [-0.2, -0.15) is 0 Å². The summed E-state index contributed by atoms with van der Waals surface area (Å²) in [5, 5.41) is 0. The normalized spacial score (nSPS) is 16.9. The largest absolute Gasteiger partial charge is 0.434 e. The summed E-state index contributed by atoms with van der Waals surface area (Å²) < 4.78 is 5.69. The first kappa shape index (κ1) is 9.15. The lowest BCUT2D eigenvalue weighted by Crippen LogP contribution is -2.38. The Bertz CT molecular complexity index is 517. The molecule has 0 fully saturated rings. The lowest BCUT2D eigenvalue weighted by atomic mass is 10.2. The van der Waals surface area contributed by atoms with Gasteiger partial charge in [0, 0.05) is 18.9 Å². The van der Waals surface area contributed by atoms with Gasteiger partial charge < -0.3 is 9.64 Å². The van der Waals surface area contributed by atoms with Crippen LogP contribution in [0.25, 0.3) is 0 Å². The highest BCUT2D eigenvalue weighted by atomic mass is 16.5. The molecule has 0 N–H and O–H groups in total. The molecule has 0 saturated carbocycles. The van der Waals surface area contributed by atoms with Crippen LogP contribution in [-0.4, -0.2) is 23.2 Å². The maximum absolute atomic E-state index is 5.69. The number of ether oxygens (including phenoxy) is 1. The van der Waals surface area contributed by atoms with Crippen LogP contribution in [0.4, 0.5) is 5.69 Å². The summed E-state index contributed by atoms with van der Waals surface area (Å²) in [4.78, 5) is 10.8. The highest BCUT2D eigenvalue weighted by molar-refractivity contribution is 6.40. The number of likely N-dealkylation sites (N-methyl/N-ethyl adjacent to an activating group) is 1. The number of rotatable bonds is 1. The molecule has 3 rings (SSSR count). The van der Waals surface area contributed by atoms with E-state index in [0.717, 1.165) is 23.8 Å². The zero-order valence-electron chi connectivity index (χ0n) is 8.92. The first-order valence-corrected chi connectivity index (χ1v) is 5.25. The summed E-state index contributed by atoms with van der Waals surface area (Å²) >= 11 is 0. The van der Waals surface area contributed by atoms with Gasteiger partial charge in [-0.05, 0) is 19.1 Å². The van der Waals surface area contributed by atoms with Crippen molar-refractivity contribution in [1.82, 2.24) is 4.90 Å². The van der Waals surface area contributed by atoms with E-state index in [4.69, 9.17) is 4.74 Å². The molecule has 2 heterocycles. The number of benzene rings is 1. The fourth-order valence-electron chi connectivity index (χ4n) is 1.73. The van der Waals surface area contributed by atoms with Gasteiger partial charge in [0.25, 0.3) is 5.90 Å². The summed E-state index contributed by atoms with van der Waals surface area (Å²) in [6.45, 7) is 2.91. The van der Waals surface area contributed by atoms with Gasteiger partial charge in [0.2, 0.25) is 0 Å². The second kappa shape index (κ2) is 3.48. The lowest BCUT2D eigenvalue weighted by Gasteiger charge is -2.27. The van der Waals surface area contributed by atoms with Crippen molar-refractivity contribution in [2.45, 2.75) is 6.92 Å². The van der Waals surface area contributed by atoms with Gasteiger partial charge >= 0.3 is 0 Å². The maximum atomic E-state index is 5.69. The van der Waals surface area contributed by atoms with Crippen LogP contribution in [0.5, 0.6) is 5.75 Å². The number of aliphatic imine (C=N–C) groups is 2. The number of hydrogen-bond donors (Lipinski definition) is 0. The molecule has 80 valence electrons. The Morgan fingerprint density at radius 3 is 3.06 bits per heavy atom. The standard InChI is InChI=1S/C12H11N3O/c1-2-15-8-7-13-12-11(15)14-9-5-3-4-6-10(9)16-12/h3-8H,2H2,1H3. The first-order chi connectivity index (χ1) is 7.88. The summed E-state index contributed by atoms with van der Waals surface area (Å²) in [5.41, 5.74) is 0.852. The van der Waals surface area contributed by atoms with E-state index in [1.54, 1.807) is 6.20 Å². The minimum Gasteiger partial charge on any atom is -0.434 e. The third kappa shape index (κ3) is 1.31. The van der Waals surface area contributed by atoms with Crippen LogP contribution in [0.1, 0.15) is 6.92 Å². The Labute approximate surface area is 93.6 Å². The highest BCUT2D eigenvalue weighted by Crippen LogP contribution is 2.31. The molecule has 0 aliphatic carbocycles. The average Bonchev–Trinajstić information content (AvgIpc) is 2.35. The molecule has 1 aromatic rings. The van der Waals surface area contributed by atoms with Crippen molar-refractivity contribution in [3.63, 3.8) is 0 Å². The van der Waals surface area contributed by atoms with Crippen molar-refractivity contribution in [3.8, 4) is 5.75 Å². The molecule has 16 heavy (non-hydrogen) atoms. The van der Waals surface area contributed by atoms with E-state index in [1.807, 2.05) is 35.4 Å². The predicted octanol–water partition coefficient (Wildman–Crippen LogP) is 2.31. The molecule has 1 aromatic carbocycles. The van der Waals surface area contributed by atoms with Gasteiger partial charge in [0.05, 0.1) is 0 Å². The Morgan fingerprint density at radius 1 is 1.31 bits per heavy atom. The first-order valence-electron chi connectivity index (χ1n) is 5.25. The van der Waals surface area contributed by atoms with Crippen molar-refractivity contribution in [3.05, 3.63) is 36.7 Å². The fraction of sp³-hybridized carbons (Fsp3) is 0.167. The fourth-order valence-corrected chi connectivity index (χ4v) is 1.73. The molecule has 2 aliphatic rings. The van der Waals surface area contributed by atoms with E-state index in [-0.39, 0.29) is 0 Å². The van der Waals surface area contributed by atoms with Crippen molar-refractivity contribution in [1.29, 1.82) is 0 Å². The molecule has 0 radical (unpaired) electrons. The van der Waals surface area contributed by atoms with E-state index in [1.165, 1.54) is 0 Å². The number of fused-ring (bicyclic) bond motifs is 2. The summed E-state index contributed by atoms with van der Waals surface area (Å²) in [5.74, 6) is 2.11. The minimum absolute atomic E-state index is 0.572. The summed E-state index contributed by atoms with van der Waals surface area (Å²) in [6, 6.07) is 7.71. The topological polar surface area (TPSA) is 37.2 Å². The molecule has 0 bridgehead atoms. The summed E-state index contributed by atoms with van der Waals surface area (Å²) in [6.07, 6.45) is 3.63. The third-order valence-corrected chi connectivity index (χ3v) is 2.54. The monoisotopic (exact) mass is 213 g/mol. The van der Waals surface area contributed by atoms with Crippen molar-refractivity contribution in [2.75, 3.05) is 6.54 Å². The molecule has 0 spiro atoms. The molecule has 2 aliphatic heterocycles. The van der Waals surface area contributed by atoms with E-state index < -0.39 is 0 Å². The molecule has 4 heteroatoms. The number of nitrogens with zero attached hydrogens (tertiary/aromatic N) is 3. The van der Waals surface area contributed by atoms with Gasteiger partial charge in [-0.3, -0.25) is 0 Å². The molecular formula is C12H11N3O. The van der Waals surface area contributed by atoms with E-state index in [0.29, 0.717) is 5.90 Å². The zero-order valence-corrected chi connectivity index (χ0v) is 8.92. The molecule has 0 aromatic heterocycles. The van der Waals surface area contributed by atoms with Gasteiger partial charge in [-0.25, -0.2) is 9.98 Å². The van der Waals surface area contributed by atoms with Gasteiger partial charge in [0.1, 0.15) is 5.69 Å². The number of amidine groups is 1. The average molecular weight is 213 g/mol. The van der Waals surface area contributed by atoms with Crippen LogP contribution in [-0.2, 0) is 0 Å². The minimum atomic E-state index is 0.572. The molecule has 0 unspecified atom stereocenters. The van der Waals surface area contributed by atoms with Crippen LogP contribution in [0.2, 0.25) is 0 Å². The maximum Gasteiger partial charge on any atom is 0.263 e. The molecule has 0 atom stereocenters. The van der Waals surface area contributed by atoms with E-state index >= 15 is 0 Å². The number of hydrogen-bond acceptors (Lipinski definition) is 4. The smallest absolute Gasteiger partial charge is 0.263 e. The Kier molecular flexibility index (Phi) is 1.99. The Hall–Kier alpha value is -2.10. The van der Waals surface area contributed by atoms with Crippen LogP contribution < -0.4 is 4.74 Å². The lowest BCUT2D eigenvalue weighted by molar-refractivity contribution is 0.518. The van der Waals surface area contributed by atoms with Gasteiger partial charge in [0.15, 0.2) is 11.6 Å². The van der Waals surface area contributed by atoms with Crippen LogP contribution >= 0.6 is 0 Å². The van der Waals surface area contributed by atoms with Crippen molar-refractivity contribution >= 4 is 17.4 Å². The predicted molar refractivity (Wildman–Crippen MR) is 63.1 cm³/mol. The Balaban J connectivity index is 2.11. The third-order valence-electron chi connectivity index (χ3n) is 2.54.